The van der Waals surface area contributed by atoms with E-state index in [0.29, 0.717) is 19.3 Å². The van der Waals surface area contributed by atoms with E-state index >= 15 is 0 Å². The molecule has 1 aromatic carbocycles. The number of nitrogens with one attached hydrogen (secondary N) is 4. The first kappa shape index (κ1) is 43.4. The number of carbonyl (C=O) groups excluding carboxylic acids is 4. The monoisotopic (exact) mass is 766 g/mol. The number of benzene rings is 1. The summed E-state index contributed by atoms with van der Waals surface area (Å²) in [5.41, 5.74) is 0.747. The van der Waals surface area contributed by atoms with Gasteiger partial charge in [0.1, 0.15) is 16.7 Å². The number of aliphatic carboxylic acids is 1. The number of likely N-dealkylation sites (tertiary alicyclic amines) is 1. The SMILES string of the molecule is CCC(C)C(NC(=O)C1CCCCN1C)C(=O)NC(CC(NC(=O)C(F)(F)F)c1nc(C(=O)NC(Cc2ccccc2)CC(C)C(=O)O)cs1)C(C)C. The first-order chi connectivity index (χ1) is 24.9. The molecule has 294 valence electrons. The van der Waals surface area contributed by atoms with Gasteiger partial charge in [0.05, 0.1) is 18.0 Å². The number of nitrogens with zero attached hydrogens (tertiary/aromatic N) is 2. The van der Waals surface area contributed by atoms with Crippen molar-refractivity contribution < 1.29 is 42.3 Å². The summed E-state index contributed by atoms with van der Waals surface area (Å²) in [5, 5.41) is 21.5. The zero-order valence-electron chi connectivity index (χ0n) is 31.2. The van der Waals surface area contributed by atoms with Crippen LogP contribution in [0, 0.1) is 17.8 Å². The van der Waals surface area contributed by atoms with Crippen LogP contribution in [0.4, 0.5) is 13.2 Å². The molecule has 5 N–H and O–H groups in total. The molecule has 12 nitrogen and oxygen atoms in total. The predicted octanol–water partition coefficient (Wildman–Crippen LogP) is 4.86. The Morgan fingerprint density at radius 3 is 2.25 bits per heavy atom. The summed E-state index contributed by atoms with van der Waals surface area (Å²) < 4.78 is 40.6. The van der Waals surface area contributed by atoms with E-state index in [1.807, 2.05) is 61.4 Å². The number of carbonyl (C=O) groups is 5. The van der Waals surface area contributed by atoms with E-state index < -0.39 is 60.0 Å². The quantitative estimate of drug-likeness (QED) is 0.143. The van der Waals surface area contributed by atoms with Crippen LogP contribution >= 0.6 is 11.3 Å². The molecule has 1 aromatic heterocycles. The fraction of sp³-hybridized carbons (Fsp3) is 0.622. The number of hydrogen-bond donors (Lipinski definition) is 5. The zero-order valence-corrected chi connectivity index (χ0v) is 32.0. The Morgan fingerprint density at radius 1 is 0.981 bits per heavy atom. The van der Waals surface area contributed by atoms with Crippen LogP contribution in [0.1, 0.15) is 100 Å². The second-order valence-corrected chi connectivity index (χ2v) is 15.3. The number of halogens is 3. The Kier molecular flexibility index (Phi) is 16.2. The lowest BCUT2D eigenvalue weighted by atomic mass is 9.93. The average molecular weight is 767 g/mol. The van der Waals surface area contributed by atoms with Gasteiger partial charge in [0.25, 0.3) is 5.91 Å². The Labute approximate surface area is 313 Å². The second-order valence-electron chi connectivity index (χ2n) is 14.4. The van der Waals surface area contributed by atoms with Gasteiger partial charge in [0.2, 0.25) is 11.8 Å². The molecule has 0 radical (unpaired) electrons. The third kappa shape index (κ3) is 13.1. The molecule has 1 fully saturated rings. The third-order valence-corrected chi connectivity index (χ3v) is 10.8. The van der Waals surface area contributed by atoms with Crippen LogP contribution in [0.5, 0.6) is 0 Å². The highest BCUT2D eigenvalue weighted by Crippen LogP contribution is 2.28. The summed E-state index contributed by atoms with van der Waals surface area (Å²) in [5.74, 6) is -6.00. The van der Waals surface area contributed by atoms with Gasteiger partial charge < -0.3 is 26.4 Å². The Bertz CT molecular complexity index is 1540. The molecule has 7 atom stereocenters. The fourth-order valence-electron chi connectivity index (χ4n) is 6.27. The van der Waals surface area contributed by atoms with Crippen LogP contribution in [-0.4, -0.2) is 88.5 Å². The maximum Gasteiger partial charge on any atom is 0.471 e. The lowest BCUT2D eigenvalue weighted by molar-refractivity contribution is -0.174. The maximum absolute atomic E-state index is 13.8. The first-order valence-electron chi connectivity index (χ1n) is 18.1. The highest BCUT2D eigenvalue weighted by molar-refractivity contribution is 7.09. The number of carboxylic acids is 1. The number of thiazole rings is 1. The molecule has 0 bridgehead atoms. The number of rotatable bonds is 18. The molecule has 16 heteroatoms. The van der Waals surface area contributed by atoms with Gasteiger partial charge in [0.15, 0.2) is 0 Å². The number of alkyl halides is 3. The zero-order chi connectivity index (χ0) is 39.5. The molecule has 0 saturated carbocycles. The summed E-state index contributed by atoms with van der Waals surface area (Å²) in [6.45, 7) is 9.55. The summed E-state index contributed by atoms with van der Waals surface area (Å²) >= 11 is 0.878. The van der Waals surface area contributed by atoms with E-state index in [9.17, 15) is 42.3 Å². The van der Waals surface area contributed by atoms with Gasteiger partial charge in [-0.3, -0.25) is 28.9 Å². The van der Waals surface area contributed by atoms with Gasteiger partial charge in [-0.2, -0.15) is 13.2 Å². The molecule has 2 heterocycles. The lowest BCUT2D eigenvalue weighted by Crippen LogP contribution is -2.57. The summed E-state index contributed by atoms with van der Waals surface area (Å²) in [4.78, 5) is 70.6. The van der Waals surface area contributed by atoms with Gasteiger partial charge in [-0.15, -0.1) is 11.3 Å². The summed E-state index contributed by atoms with van der Waals surface area (Å²) in [7, 11) is 1.86. The second kappa shape index (κ2) is 19.9. The standard InChI is InChI=1S/C37H53F3N6O6S/c1-7-22(4)30(45-32(48)29-15-11-12-16-46(29)6)33(49)42-26(21(2)3)19-27(44-36(52)37(38,39)40)34-43-28(20-53-34)31(47)41-25(17-23(5)35(50)51)18-24-13-9-8-10-14-24/h8-10,13-14,20-23,25-27,29-30H,7,11-12,15-19H2,1-6H3,(H,41,47)(H,42,49)(H,44,52)(H,45,48)(H,50,51). The Hall–Kier alpha value is -4.05. The van der Waals surface area contributed by atoms with E-state index in [2.05, 4.69) is 20.9 Å². The van der Waals surface area contributed by atoms with Crippen molar-refractivity contribution in [3.05, 3.63) is 52.0 Å². The largest absolute Gasteiger partial charge is 0.481 e. The molecule has 1 aliphatic heterocycles. The van der Waals surface area contributed by atoms with Crippen LogP contribution in [0.15, 0.2) is 35.7 Å². The van der Waals surface area contributed by atoms with Crippen molar-refractivity contribution in [1.29, 1.82) is 0 Å². The van der Waals surface area contributed by atoms with Crippen molar-refractivity contribution in [3.63, 3.8) is 0 Å². The van der Waals surface area contributed by atoms with Gasteiger partial charge >= 0.3 is 18.1 Å². The molecule has 53 heavy (non-hydrogen) atoms. The van der Waals surface area contributed by atoms with E-state index in [0.717, 1.165) is 36.3 Å². The summed E-state index contributed by atoms with van der Waals surface area (Å²) in [6, 6.07) is 5.16. The van der Waals surface area contributed by atoms with Crippen LogP contribution in [0.3, 0.4) is 0 Å². The molecule has 3 rings (SSSR count). The normalized spacial score (nSPS) is 18.6. The molecular weight excluding hydrogens is 714 g/mol. The molecule has 1 aliphatic rings. The molecule has 0 spiro atoms. The molecular formula is C37H53F3N6O6S. The topological polar surface area (TPSA) is 170 Å². The molecule has 4 amide bonds. The van der Waals surface area contributed by atoms with Crippen molar-refractivity contribution in [1.82, 2.24) is 31.2 Å². The molecule has 1 saturated heterocycles. The average Bonchev–Trinajstić information content (AvgIpc) is 3.60. The van der Waals surface area contributed by atoms with Crippen molar-refractivity contribution in [2.75, 3.05) is 13.6 Å². The minimum absolute atomic E-state index is 0.0123. The number of piperidine rings is 1. The van der Waals surface area contributed by atoms with Crippen LogP contribution in [-0.2, 0) is 25.6 Å². The fourth-order valence-corrected chi connectivity index (χ4v) is 7.14. The number of amides is 4. The van der Waals surface area contributed by atoms with E-state index in [1.165, 1.54) is 12.3 Å². The van der Waals surface area contributed by atoms with Crippen molar-refractivity contribution in [2.24, 2.45) is 17.8 Å². The minimum atomic E-state index is -5.21. The molecule has 0 aliphatic carbocycles. The van der Waals surface area contributed by atoms with Crippen LogP contribution < -0.4 is 21.3 Å². The summed E-state index contributed by atoms with van der Waals surface area (Å²) in [6.07, 6.45) is -1.87. The van der Waals surface area contributed by atoms with E-state index in [4.69, 9.17) is 0 Å². The molecule has 2 aromatic rings. The number of hydrogen-bond acceptors (Lipinski definition) is 8. The first-order valence-corrected chi connectivity index (χ1v) is 19.0. The number of likely N-dealkylation sites (N-methyl/N-ethyl adjacent to an activating group) is 1. The predicted molar refractivity (Wildman–Crippen MR) is 195 cm³/mol. The third-order valence-electron chi connectivity index (χ3n) is 9.82. The minimum Gasteiger partial charge on any atom is -0.481 e. The number of carboxylic acid groups (broad SMARTS) is 1. The molecule has 7 unspecified atom stereocenters. The Morgan fingerprint density at radius 2 is 1.66 bits per heavy atom. The highest BCUT2D eigenvalue weighted by atomic mass is 32.1. The van der Waals surface area contributed by atoms with Crippen molar-refractivity contribution >= 4 is 40.9 Å². The van der Waals surface area contributed by atoms with Gasteiger partial charge in [-0.05, 0) is 63.1 Å². The lowest BCUT2D eigenvalue weighted by Gasteiger charge is -2.34. The highest BCUT2D eigenvalue weighted by Gasteiger charge is 2.41. The van der Waals surface area contributed by atoms with E-state index in [-0.39, 0.29) is 47.3 Å². The van der Waals surface area contributed by atoms with Crippen molar-refractivity contribution in [2.45, 2.75) is 116 Å². The smallest absolute Gasteiger partial charge is 0.471 e. The van der Waals surface area contributed by atoms with Gasteiger partial charge in [-0.1, -0.05) is 77.8 Å². The van der Waals surface area contributed by atoms with Gasteiger partial charge in [0, 0.05) is 17.5 Å². The van der Waals surface area contributed by atoms with Crippen molar-refractivity contribution in [3.8, 4) is 0 Å². The van der Waals surface area contributed by atoms with Gasteiger partial charge in [-0.25, -0.2) is 4.98 Å². The maximum atomic E-state index is 13.8. The number of aromatic nitrogens is 1. The van der Waals surface area contributed by atoms with Crippen LogP contribution in [0.2, 0.25) is 0 Å². The van der Waals surface area contributed by atoms with Crippen LogP contribution in [0.25, 0.3) is 0 Å². The van der Waals surface area contributed by atoms with E-state index in [1.54, 1.807) is 13.8 Å². The Balaban J connectivity index is 1.84.